The molecule has 9 aromatic rings. The minimum absolute atomic E-state index is 0.190. The molecule has 0 bridgehead atoms. The van der Waals surface area contributed by atoms with Crippen LogP contribution in [0.1, 0.15) is 50.8 Å². The molecule has 0 saturated carbocycles. The molecule has 0 amide bonds. The van der Waals surface area contributed by atoms with Gasteiger partial charge in [0.2, 0.25) is 0 Å². The largest absolute Gasteiger partial charge is 0.455 e. The van der Waals surface area contributed by atoms with E-state index in [1.807, 2.05) is 43.4 Å². The molecule has 4 nitrogen and oxygen atoms in total. The van der Waals surface area contributed by atoms with E-state index in [2.05, 4.69) is 183 Å². The van der Waals surface area contributed by atoms with E-state index in [0.29, 0.717) is 6.54 Å². The van der Waals surface area contributed by atoms with Crippen molar-refractivity contribution in [3.63, 3.8) is 0 Å². The Morgan fingerprint density at radius 3 is 2.05 bits per heavy atom. The minimum Gasteiger partial charge on any atom is -0.455 e. The lowest BCUT2D eigenvalue weighted by atomic mass is 9.82. The molecule has 4 heteroatoms. The monoisotopic (exact) mass is 795 g/mol. The zero-order chi connectivity index (χ0) is 42.5. The number of nitrogens with zero attached hydrogens (tertiary/aromatic N) is 2. The fraction of sp³-hybridized carbons (Fsp3) is 0.123. The van der Waals surface area contributed by atoms with E-state index in [1.54, 1.807) is 12.2 Å². The van der Waals surface area contributed by atoms with Crippen LogP contribution in [-0.4, -0.2) is 4.57 Å². The van der Waals surface area contributed by atoms with Gasteiger partial charge in [0.1, 0.15) is 11.2 Å². The van der Waals surface area contributed by atoms with Crippen molar-refractivity contribution in [1.82, 2.24) is 4.57 Å². The van der Waals surface area contributed by atoms with Crippen LogP contribution in [0.5, 0.6) is 0 Å². The number of para-hydroxylation sites is 5. The van der Waals surface area contributed by atoms with E-state index in [0.717, 1.165) is 62.0 Å². The molecule has 2 aromatic heterocycles. The molecule has 302 valence electrons. The Bertz CT molecular complexity index is 3080. The Labute approximate surface area is 359 Å². The first kappa shape index (κ1) is 40.5. The number of furan rings is 1. The van der Waals surface area contributed by atoms with E-state index in [9.17, 15) is 0 Å². The van der Waals surface area contributed by atoms with E-state index < -0.39 is 0 Å². The van der Waals surface area contributed by atoms with Crippen LogP contribution in [0.25, 0.3) is 60.6 Å². The van der Waals surface area contributed by atoms with Crippen molar-refractivity contribution < 1.29 is 4.42 Å². The van der Waals surface area contributed by atoms with Crippen LogP contribution in [0.15, 0.2) is 206 Å². The average molecular weight is 796 g/mol. The Hall–Kier alpha value is -7.30. The number of benzene rings is 7. The van der Waals surface area contributed by atoms with Crippen LogP contribution in [-0.2, 0) is 12.0 Å². The van der Waals surface area contributed by atoms with Gasteiger partial charge in [-0.3, -0.25) is 0 Å². The number of nitrogens with two attached hydrogens (primary N) is 1. The minimum atomic E-state index is -0.190. The Morgan fingerprint density at radius 2 is 1.34 bits per heavy atom. The molecule has 10 rings (SSSR count). The van der Waals surface area contributed by atoms with Crippen molar-refractivity contribution in [1.29, 1.82) is 0 Å². The van der Waals surface area contributed by atoms with Crippen LogP contribution in [0, 0.1) is 0 Å². The van der Waals surface area contributed by atoms with Crippen molar-refractivity contribution in [3.8, 4) is 16.8 Å². The summed E-state index contributed by atoms with van der Waals surface area (Å²) >= 11 is 0. The Balaban J connectivity index is 0.000000418. The molecule has 1 aliphatic carbocycles. The highest BCUT2D eigenvalue weighted by Gasteiger charge is 2.36. The SMILES string of the molecule is C=C/C=C\C.C=C/C=C\CC.CC1(C)c2cc(CN(c3ccccc3)c3ccccc3N)ccc2-c2ccc(-n3c4ccccc4c4c5oc6ccccc6c5ccc43)cc21. The molecule has 2 N–H and O–H groups in total. The lowest BCUT2D eigenvalue weighted by molar-refractivity contribution is 0.658. The third kappa shape index (κ3) is 7.58. The van der Waals surface area contributed by atoms with E-state index in [1.165, 1.54) is 38.7 Å². The second kappa shape index (κ2) is 17.5. The molecule has 1 aliphatic rings. The molecule has 61 heavy (non-hydrogen) atoms. The van der Waals surface area contributed by atoms with Crippen LogP contribution in [0.2, 0.25) is 0 Å². The smallest absolute Gasteiger partial charge is 0.145 e. The molecule has 0 atom stereocenters. The average Bonchev–Trinajstić information content (AvgIpc) is 3.91. The van der Waals surface area contributed by atoms with Gasteiger partial charge in [0, 0.05) is 39.5 Å². The first-order valence-corrected chi connectivity index (χ1v) is 21.1. The molecule has 0 spiro atoms. The standard InChI is InChI=1S/C46H35N3O.C6H10.C5H8/c1-46(2)37-26-29(28-48(30-12-4-3-5-13-30)41-18-10-8-16-39(41)47)20-22-32(37)33-23-21-31(27-38(33)46)49-40-17-9-6-15-36(40)44-42(49)25-24-35-34-14-7-11-19-43(34)50-45(35)44;1-3-5-6-4-2;1-3-5-4-2/h3-27H,28,47H2,1-2H3;3,5-6H,1,4H2,2H3;3-5H,1H2,2H3/b;6-5-;5-4-. The summed E-state index contributed by atoms with van der Waals surface area (Å²) in [7, 11) is 0. The second-order valence-electron chi connectivity index (χ2n) is 15.8. The lowest BCUT2D eigenvalue weighted by Gasteiger charge is -2.28. The highest BCUT2D eigenvalue weighted by molar-refractivity contribution is 6.23. The number of anilines is 3. The number of rotatable bonds is 8. The summed E-state index contributed by atoms with van der Waals surface area (Å²) in [5, 5.41) is 4.65. The molecule has 0 saturated heterocycles. The van der Waals surface area contributed by atoms with Gasteiger partial charge in [0.25, 0.3) is 0 Å². The van der Waals surface area contributed by atoms with Crippen molar-refractivity contribution in [3.05, 3.63) is 218 Å². The Kier molecular flexibility index (Phi) is 11.6. The number of hydrogen-bond acceptors (Lipinski definition) is 3. The van der Waals surface area contributed by atoms with Gasteiger partial charge in [-0.2, -0.15) is 0 Å². The molecular formula is C57H53N3O. The maximum atomic E-state index is 6.55. The zero-order valence-corrected chi connectivity index (χ0v) is 35.6. The quantitative estimate of drug-likeness (QED) is 0.123. The highest BCUT2D eigenvalue weighted by atomic mass is 16.3. The third-order valence-corrected chi connectivity index (χ3v) is 11.6. The molecule has 7 aromatic carbocycles. The zero-order valence-electron chi connectivity index (χ0n) is 35.6. The molecular weight excluding hydrogens is 743 g/mol. The number of nitrogen functional groups attached to an aromatic ring is 1. The maximum Gasteiger partial charge on any atom is 0.145 e. The number of allylic oxidation sites excluding steroid dienone is 6. The highest BCUT2D eigenvalue weighted by Crippen LogP contribution is 2.50. The maximum absolute atomic E-state index is 6.55. The summed E-state index contributed by atoms with van der Waals surface area (Å²) in [6, 6.07) is 54.1. The number of aromatic nitrogens is 1. The van der Waals surface area contributed by atoms with Gasteiger partial charge >= 0.3 is 0 Å². The normalized spacial score (nSPS) is 12.6. The van der Waals surface area contributed by atoms with Crippen LogP contribution in [0.4, 0.5) is 17.1 Å². The molecule has 0 fully saturated rings. The van der Waals surface area contributed by atoms with Crippen LogP contribution >= 0.6 is 0 Å². The van der Waals surface area contributed by atoms with E-state index in [-0.39, 0.29) is 5.41 Å². The van der Waals surface area contributed by atoms with Crippen molar-refractivity contribution in [2.75, 3.05) is 10.6 Å². The predicted octanol–water partition coefficient (Wildman–Crippen LogP) is 15.8. The summed E-state index contributed by atoms with van der Waals surface area (Å²) in [5.41, 5.74) is 21.1. The van der Waals surface area contributed by atoms with Gasteiger partial charge in [-0.1, -0.05) is 161 Å². The van der Waals surface area contributed by atoms with E-state index in [4.69, 9.17) is 10.2 Å². The van der Waals surface area contributed by atoms with Crippen LogP contribution < -0.4 is 10.6 Å². The second-order valence-corrected chi connectivity index (χ2v) is 15.8. The first-order valence-electron chi connectivity index (χ1n) is 21.1. The van der Waals surface area contributed by atoms with Crippen molar-refractivity contribution in [2.24, 2.45) is 0 Å². The fourth-order valence-corrected chi connectivity index (χ4v) is 8.73. The van der Waals surface area contributed by atoms with Gasteiger partial charge in [0.05, 0.1) is 27.8 Å². The van der Waals surface area contributed by atoms with Gasteiger partial charge in [-0.25, -0.2) is 0 Å². The molecule has 2 heterocycles. The number of hydrogen-bond donors (Lipinski definition) is 1. The van der Waals surface area contributed by atoms with Gasteiger partial charge < -0.3 is 19.6 Å². The topological polar surface area (TPSA) is 47.3 Å². The van der Waals surface area contributed by atoms with Crippen molar-refractivity contribution >= 4 is 60.8 Å². The predicted molar refractivity (Wildman–Crippen MR) is 263 cm³/mol. The van der Waals surface area contributed by atoms with Crippen LogP contribution in [0.3, 0.4) is 0 Å². The molecule has 0 radical (unpaired) electrons. The van der Waals surface area contributed by atoms with E-state index >= 15 is 0 Å². The first-order chi connectivity index (χ1) is 29.8. The molecule has 0 aliphatic heterocycles. The number of fused-ring (bicyclic) bond motifs is 10. The summed E-state index contributed by atoms with van der Waals surface area (Å²) in [4.78, 5) is 2.31. The lowest BCUT2D eigenvalue weighted by Crippen LogP contribution is -2.19. The van der Waals surface area contributed by atoms with Gasteiger partial charge in [0.15, 0.2) is 0 Å². The van der Waals surface area contributed by atoms with Gasteiger partial charge in [-0.15, -0.1) is 0 Å². The Morgan fingerprint density at radius 1 is 0.672 bits per heavy atom. The molecule has 0 unspecified atom stereocenters. The van der Waals surface area contributed by atoms with Gasteiger partial charge in [-0.05, 0) is 102 Å². The summed E-state index contributed by atoms with van der Waals surface area (Å²) in [6.45, 7) is 16.5. The van der Waals surface area contributed by atoms with Crippen molar-refractivity contribution in [2.45, 2.75) is 46.1 Å². The summed E-state index contributed by atoms with van der Waals surface area (Å²) in [5.74, 6) is 0. The third-order valence-electron chi connectivity index (χ3n) is 11.6. The fourth-order valence-electron chi connectivity index (χ4n) is 8.73. The summed E-state index contributed by atoms with van der Waals surface area (Å²) < 4.78 is 8.96. The summed E-state index contributed by atoms with van der Waals surface area (Å²) in [6.07, 6.45) is 12.5.